The number of benzene rings is 2. The molecule has 4 N–H and O–H groups in total. The first-order valence-corrected chi connectivity index (χ1v) is 12.2. The summed E-state index contributed by atoms with van der Waals surface area (Å²) in [5.41, 5.74) is 6.05. The second-order valence-electron chi connectivity index (χ2n) is 8.29. The van der Waals surface area contributed by atoms with Crippen molar-refractivity contribution < 1.29 is 19.6 Å². The predicted octanol–water partition coefficient (Wildman–Crippen LogP) is 2.94. The third kappa shape index (κ3) is 5.08. The van der Waals surface area contributed by atoms with Crippen LogP contribution in [0.2, 0.25) is 0 Å². The Labute approximate surface area is 212 Å². The summed E-state index contributed by atoms with van der Waals surface area (Å²) in [4.78, 5) is 17.1. The van der Waals surface area contributed by atoms with Gasteiger partial charge in [0.05, 0.1) is 18.5 Å². The van der Waals surface area contributed by atoms with Gasteiger partial charge in [-0.3, -0.25) is 4.72 Å². The van der Waals surface area contributed by atoms with Crippen LogP contribution in [0, 0.1) is 0 Å². The average Bonchev–Trinajstić information content (AvgIpc) is 3.58. The number of hydrogen-bond acceptors (Lipinski definition) is 7. The maximum Gasteiger partial charge on any atom is 0.488 e. The van der Waals surface area contributed by atoms with E-state index in [1.54, 1.807) is 54.5 Å². The quantitative estimate of drug-likeness (QED) is 0.227. The van der Waals surface area contributed by atoms with Crippen molar-refractivity contribution in [1.82, 2.24) is 19.5 Å². The number of rotatable bonds is 7. The molecule has 9 nitrogen and oxygen atoms in total. The van der Waals surface area contributed by atoms with Crippen molar-refractivity contribution >= 4 is 36.2 Å². The molecule has 0 spiro atoms. The van der Waals surface area contributed by atoms with Crippen LogP contribution in [0.5, 0.6) is 5.88 Å². The predicted molar refractivity (Wildman–Crippen MR) is 140 cm³/mol. The van der Waals surface area contributed by atoms with E-state index in [0.717, 1.165) is 53.6 Å². The minimum Gasteiger partial charge on any atom is -0.481 e. The lowest BCUT2D eigenvalue weighted by Crippen LogP contribution is -2.29. The van der Waals surface area contributed by atoms with E-state index < -0.39 is 7.12 Å². The van der Waals surface area contributed by atoms with E-state index in [1.807, 2.05) is 18.2 Å². The molecule has 0 saturated heterocycles. The van der Waals surface area contributed by atoms with Crippen molar-refractivity contribution in [3.63, 3.8) is 0 Å². The molecule has 0 atom stereocenters. The monoisotopic (exact) mass is 501 g/mol. The summed E-state index contributed by atoms with van der Waals surface area (Å²) in [6.07, 6.45) is 6.38. The van der Waals surface area contributed by atoms with E-state index in [9.17, 15) is 14.8 Å². The van der Waals surface area contributed by atoms with Crippen LogP contribution in [-0.2, 0) is 12.8 Å². The first kappa shape index (κ1) is 23.9. The normalized spacial score (nSPS) is 12.2. The summed E-state index contributed by atoms with van der Waals surface area (Å²) in [6.45, 7) is 0. The molecule has 2 aromatic carbocycles. The summed E-state index contributed by atoms with van der Waals surface area (Å²) < 4.78 is 9.69. The van der Waals surface area contributed by atoms with Crippen molar-refractivity contribution in [2.24, 2.45) is 0 Å². The fourth-order valence-electron chi connectivity index (χ4n) is 4.31. The lowest BCUT2D eigenvalue weighted by atomic mass is 9.80. The molecular formula is C25H24BN5O4S. The molecule has 2 heterocycles. The second-order valence-corrected chi connectivity index (χ2v) is 9.12. The highest BCUT2D eigenvalue weighted by Gasteiger charge is 2.21. The molecule has 182 valence electrons. The molecule has 1 aliphatic rings. The van der Waals surface area contributed by atoms with Crippen LogP contribution in [-0.4, -0.2) is 45.1 Å². The lowest BCUT2D eigenvalue weighted by Gasteiger charge is -2.16. The van der Waals surface area contributed by atoms with Gasteiger partial charge in [-0.25, -0.2) is 14.5 Å². The number of fused-ring (bicyclic) bond motifs is 1. The van der Waals surface area contributed by atoms with Crippen LogP contribution >= 0.6 is 11.9 Å². The number of anilines is 1. The molecule has 5 rings (SSSR count). The Kier molecular flexibility index (Phi) is 6.94. The maximum atomic E-state index is 12.9. The van der Waals surface area contributed by atoms with Gasteiger partial charge in [0, 0.05) is 36.0 Å². The number of aromatic nitrogens is 3. The van der Waals surface area contributed by atoms with Crippen LogP contribution in [0.4, 0.5) is 10.5 Å². The minimum atomic E-state index is -1.56. The van der Waals surface area contributed by atoms with Crippen LogP contribution in [0.1, 0.15) is 17.5 Å². The Bertz CT molecular complexity index is 1410. The zero-order chi connectivity index (χ0) is 25.1. The van der Waals surface area contributed by atoms with Crippen LogP contribution in [0.25, 0.3) is 16.8 Å². The summed E-state index contributed by atoms with van der Waals surface area (Å²) >= 11 is 1.09. The average molecular weight is 501 g/mol. The molecule has 2 aromatic heterocycles. The number of hydrogen-bond donors (Lipinski definition) is 4. The molecule has 2 amide bonds. The van der Waals surface area contributed by atoms with Crippen LogP contribution in [0.15, 0.2) is 72.0 Å². The van der Waals surface area contributed by atoms with Crippen LogP contribution < -0.4 is 20.2 Å². The van der Waals surface area contributed by atoms with E-state index >= 15 is 0 Å². The first-order chi connectivity index (χ1) is 17.5. The molecule has 36 heavy (non-hydrogen) atoms. The lowest BCUT2D eigenvalue weighted by molar-refractivity contribution is 0.257. The van der Waals surface area contributed by atoms with Crippen molar-refractivity contribution in [3.8, 4) is 22.7 Å². The van der Waals surface area contributed by atoms with E-state index in [-0.39, 0.29) is 6.03 Å². The Morgan fingerprint density at radius 3 is 2.86 bits per heavy atom. The molecule has 0 unspecified atom stereocenters. The number of ether oxygens (including phenoxy) is 1. The van der Waals surface area contributed by atoms with E-state index in [4.69, 9.17) is 4.74 Å². The van der Waals surface area contributed by atoms with Gasteiger partial charge < -0.3 is 20.1 Å². The van der Waals surface area contributed by atoms with Crippen LogP contribution in [0.3, 0.4) is 0 Å². The summed E-state index contributed by atoms with van der Waals surface area (Å²) in [7, 11) is 0.0180. The Hall–Kier alpha value is -3.80. The van der Waals surface area contributed by atoms with Crippen molar-refractivity contribution in [1.29, 1.82) is 0 Å². The van der Waals surface area contributed by atoms with Gasteiger partial charge in [0.25, 0.3) is 0 Å². The Balaban J connectivity index is 1.32. The number of carbonyl (C=O) groups is 1. The Morgan fingerprint density at radius 2 is 2.03 bits per heavy atom. The molecule has 0 radical (unpaired) electrons. The standard InChI is InChI=1S/C25H24BN5O4S/c1-35-22-14-17(10-12-27-22)21-9-8-16-4-2-7-20(16)24(21)28-25(32)30-36-23-11-13-31(29-23)19-6-3-5-18(15-19)26(33)34/h3,5-6,8-15,33-34H,2,4,7H2,1H3,(H2,28,30,32). The molecule has 0 bridgehead atoms. The molecular weight excluding hydrogens is 477 g/mol. The third-order valence-electron chi connectivity index (χ3n) is 6.02. The maximum absolute atomic E-state index is 12.9. The number of carbonyl (C=O) groups excluding carboxylic acids is 1. The highest BCUT2D eigenvalue weighted by molar-refractivity contribution is 7.97. The van der Waals surface area contributed by atoms with Crippen molar-refractivity contribution in [3.05, 3.63) is 78.1 Å². The Morgan fingerprint density at radius 1 is 1.14 bits per heavy atom. The first-order valence-electron chi connectivity index (χ1n) is 11.4. The van der Waals surface area contributed by atoms with Gasteiger partial charge in [0.1, 0.15) is 5.03 Å². The number of amides is 2. The van der Waals surface area contributed by atoms with E-state index in [0.29, 0.717) is 22.1 Å². The van der Waals surface area contributed by atoms with Gasteiger partial charge in [-0.1, -0.05) is 24.3 Å². The SMILES string of the molecule is COc1cc(-c2ccc3c(c2NC(=O)NSc2ccn(-c4cccc(B(O)O)c4)n2)CCC3)ccn1. The molecule has 0 fully saturated rings. The number of nitrogens with one attached hydrogen (secondary N) is 2. The molecule has 1 aliphatic carbocycles. The summed E-state index contributed by atoms with van der Waals surface area (Å²) in [5.74, 6) is 0.508. The number of urea groups is 1. The van der Waals surface area contributed by atoms with E-state index in [1.165, 1.54) is 5.56 Å². The number of methoxy groups -OCH3 is 1. The highest BCUT2D eigenvalue weighted by atomic mass is 32.2. The number of nitrogens with zero attached hydrogens (tertiary/aromatic N) is 3. The largest absolute Gasteiger partial charge is 0.488 e. The zero-order valence-corrected chi connectivity index (χ0v) is 20.3. The van der Waals surface area contributed by atoms with Gasteiger partial charge in [-0.15, -0.1) is 0 Å². The van der Waals surface area contributed by atoms with E-state index in [2.05, 4.69) is 26.2 Å². The number of pyridine rings is 1. The van der Waals surface area contributed by atoms with Crippen molar-refractivity contribution in [2.75, 3.05) is 12.4 Å². The minimum absolute atomic E-state index is 0.359. The number of aryl methyl sites for hydroxylation is 1. The van der Waals surface area contributed by atoms with Gasteiger partial charge >= 0.3 is 13.1 Å². The highest BCUT2D eigenvalue weighted by Crippen LogP contribution is 2.38. The summed E-state index contributed by atoms with van der Waals surface area (Å²) in [5, 5.41) is 26.9. The third-order valence-corrected chi connectivity index (χ3v) is 6.74. The molecule has 11 heteroatoms. The summed E-state index contributed by atoms with van der Waals surface area (Å²) in [6, 6.07) is 16.1. The van der Waals surface area contributed by atoms with Gasteiger partial charge in [0.15, 0.2) is 0 Å². The molecule has 0 aliphatic heterocycles. The molecule has 4 aromatic rings. The van der Waals surface area contributed by atoms with Gasteiger partial charge in [0.2, 0.25) is 5.88 Å². The van der Waals surface area contributed by atoms with Gasteiger partial charge in [-0.2, -0.15) is 5.10 Å². The smallest absolute Gasteiger partial charge is 0.481 e. The fraction of sp³-hybridized carbons (Fsp3) is 0.160. The van der Waals surface area contributed by atoms with Gasteiger partial charge in [-0.05, 0) is 65.7 Å². The fourth-order valence-corrected chi connectivity index (χ4v) is 4.82. The zero-order valence-electron chi connectivity index (χ0n) is 19.5. The second kappa shape index (κ2) is 10.4. The molecule has 0 saturated carbocycles. The topological polar surface area (TPSA) is 122 Å². The van der Waals surface area contributed by atoms with Crippen molar-refractivity contribution in [2.45, 2.75) is 24.3 Å².